The summed E-state index contributed by atoms with van der Waals surface area (Å²) in [5.41, 5.74) is 9.47. The van der Waals surface area contributed by atoms with Crippen LogP contribution in [0.4, 0.5) is 0 Å². The molecule has 12 nitrogen and oxygen atoms in total. The second-order valence-electron chi connectivity index (χ2n) is 17.4. The van der Waals surface area contributed by atoms with Crippen LogP contribution in [0.5, 0.6) is 0 Å². The van der Waals surface area contributed by atoms with Crippen molar-refractivity contribution in [3.8, 4) is 0 Å². The van der Waals surface area contributed by atoms with Crippen LogP contribution >= 0.6 is 0 Å². The molecule has 0 unspecified atom stereocenters. The molecule has 0 aliphatic heterocycles. The SMILES string of the molecule is CC(=O)N(C)C.CC(=O)N(C)C.CC(=O)N(C)C.CC(=O)N(C)C.CC(=O)N(C)C.CC(=O)N(C)C.c1ccc2c(c1)CCCC2.c1ccc2c(c1)CCCC2.c1ccc2c(c1)CCCC2. The second kappa shape index (κ2) is 38.7. The van der Waals surface area contributed by atoms with Gasteiger partial charge in [-0.05, 0) is 110 Å². The molecule has 6 amide bonds. The topological polar surface area (TPSA) is 122 Å². The van der Waals surface area contributed by atoms with Crippen LogP contribution in [0, 0.1) is 0 Å². The molecule has 0 bridgehead atoms. The fourth-order valence-corrected chi connectivity index (χ4v) is 5.03. The second-order valence-corrected chi connectivity index (χ2v) is 17.4. The molecule has 0 radical (unpaired) electrons. The normalized spacial score (nSPS) is 11.7. The largest absolute Gasteiger partial charge is 0.349 e. The van der Waals surface area contributed by atoms with Crippen LogP contribution in [-0.2, 0) is 67.3 Å². The van der Waals surface area contributed by atoms with Crippen molar-refractivity contribution in [3.63, 3.8) is 0 Å². The molecule has 3 aromatic rings. The fraction of sp³-hybridized carbons (Fsp3) is 0.556. The van der Waals surface area contributed by atoms with Crippen molar-refractivity contribution in [2.24, 2.45) is 0 Å². The van der Waals surface area contributed by atoms with Crippen molar-refractivity contribution in [1.82, 2.24) is 29.4 Å². The minimum Gasteiger partial charge on any atom is -0.349 e. The van der Waals surface area contributed by atoms with E-state index >= 15 is 0 Å². The van der Waals surface area contributed by atoms with E-state index in [1.807, 2.05) is 0 Å². The number of carbonyl (C=O) groups is 6. The number of fused-ring (bicyclic) bond motifs is 3. The average molecular weight is 919 g/mol. The van der Waals surface area contributed by atoms with Crippen molar-refractivity contribution in [2.75, 3.05) is 84.6 Å². The third-order valence-corrected chi connectivity index (χ3v) is 10.6. The molecule has 3 aromatic carbocycles. The lowest BCUT2D eigenvalue weighted by Gasteiger charge is -2.13. The molecule has 66 heavy (non-hydrogen) atoms. The number of amides is 6. The zero-order valence-electron chi connectivity index (χ0n) is 44.5. The van der Waals surface area contributed by atoms with Crippen molar-refractivity contribution < 1.29 is 28.8 Å². The highest BCUT2D eigenvalue weighted by atomic mass is 16.2. The minimum absolute atomic E-state index is 0.0926. The van der Waals surface area contributed by atoms with Gasteiger partial charge in [-0.3, -0.25) is 28.8 Å². The van der Waals surface area contributed by atoms with Crippen LogP contribution < -0.4 is 0 Å². The maximum Gasteiger partial charge on any atom is 0.218 e. The first-order valence-electron chi connectivity index (χ1n) is 23.0. The van der Waals surface area contributed by atoms with Gasteiger partial charge in [-0.15, -0.1) is 0 Å². The maximum atomic E-state index is 10.1. The van der Waals surface area contributed by atoms with Gasteiger partial charge in [0.2, 0.25) is 35.4 Å². The number of carbonyl (C=O) groups excluding carboxylic acids is 6. The molecule has 0 spiro atoms. The fourth-order valence-electron chi connectivity index (χ4n) is 5.03. The van der Waals surface area contributed by atoms with Gasteiger partial charge < -0.3 is 29.4 Å². The van der Waals surface area contributed by atoms with E-state index in [-0.39, 0.29) is 35.4 Å². The van der Waals surface area contributed by atoms with Crippen LogP contribution in [0.3, 0.4) is 0 Å². The molecular weight excluding hydrogens is 829 g/mol. The predicted molar refractivity (Wildman–Crippen MR) is 275 cm³/mol. The Morgan fingerprint density at radius 1 is 0.258 bits per heavy atom. The van der Waals surface area contributed by atoms with Gasteiger partial charge in [0.05, 0.1) is 0 Å². The lowest BCUT2D eigenvalue weighted by atomic mass is 9.92. The molecule has 3 aliphatic carbocycles. The predicted octanol–water partition coefficient (Wildman–Crippen LogP) is 8.26. The van der Waals surface area contributed by atoms with Crippen molar-refractivity contribution in [1.29, 1.82) is 0 Å². The Morgan fingerprint density at radius 3 is 0.424 bits per heavy atom. The molecule has 0 heterocycles. The summed E-state index contributed by atoms with van der Waals surface area (Å²) in [6.07, 6.45) is 16.1. The van der Waals surface area contributed by atoms with Crippen molar-refractivity contribution in [3.05, 3.63) is 106 Å². The van der Waals surface area contributed by atoms with Crippen molar-refractivity contribution in [2.45, 2.75) is 119 Å². The Morgan fingerprint density at radius 2 is 0.348 bits per heavy atom. The molecule has 12 heteroatoms. The summed E-state index contributed by atoms with van der Waals surface area (Å²) in [5, 5.41) is 0. The Hall–Kier alpha value is -5.52. The molecule has 0 fully saturated rings. The van der Waals surface area contributed by atoms with Crippen LogP contribution in [0.15, 0.2) is 72.8 Å². The number of rotatable bonds is 0. The number of aryl methyl sites for hydroxylation is 6. The van der Waals surface area contributed by atoms with Gasteiger partial charge in [-0.1, -0.05) is 72.8 Å². The maximum absolute atomic E-state index is 10.1. The Bertz CT molecular complexity index is 1480. The number of nitrogens with zero attached hydrogens (tertiary/aromatic N) is 6. The zero-order valence-corrected chi connectivity index (χ0v) is 44.5. The Kier molecular flexibility index (Phi) is 38.0. The van der Waals surface area contributed by atoms with Crippen molar-refractivity contribution >= 4 is 35.4 Å². The first kappa shape index (κ1) is 64.8. The molecule has 6 rings (SSSR count). The Balaban J connectivity index is -0.000000686. The van der Waals surface area contributed by atoms with Gasteiger partial charge in [0, 0.05) is 126 Å². The summed E-state index contributed by atoms with van der Waals surface area (Å²) in [4.78, 5) is 69.6. The molecule has 0 aromatic heterocycles. The number of hydrogen-bond acceptors (Lipinski definition) is 6. The minimum atomic E-state index is 0.0926. The quantitative estimate of drug-likeness (QED) is 0.224. The molecule has 0 saturated carbocycles. The third kappa shape index (κ3) is 36.8. The summed E-state index contributed by atoms with van der Waals surface area (Å²) in [5.74, 6) is 0.556. The third-order valence-electron chi connectivity index (χ3n) is 10.6. The number of benzene rings is 3. The van der Waals surface area contributed by atoms with E-state index < -0.39 is 0 Å². The van der Waals surface area contributed by atoms with Gasteiger partial charge in [0.1, 0.15) is 0 Å². The first-order chi connectivity index (χ1) is 30.8. The summed E-state index contributed by atoms with van der Waals surface area (Å²) in [6, 6.07) is 26.4. The van der Waals surface area contributed by atoms with Crippen LogP contribution in [0.2, 0.25) is 0 Å². The summed E-state index contributed by atoms with van der Waals surface area (Å²) >= 11 is 0. The molecule has 372 valence electrons. The van der Waals surface area contributed by atoms with E-state index in [9.17, 15) is 28.8 Å². The molecule has 3 aliphatic rings. The molecule has 0 saturated heterocycles. The van der Waals surface area contributed by atoms with E-state index in [2.05, 4.69) is 72.8 Å². The molecule has 0 atom stereocenters. The standard InChI is InChI=1S/3C10H12.6C4H9NO/c3*1-2-6-10-8-4-3-7-9(10)5-1;6*1-4(6)5(2)3/h3*1-2,5-6H,3-4,7-8H2;6*1-3H3. The van der Waals surface area contributed by atoms with E-state index in [1.54, 1.807) is 118 Å². The van der Waals surface area contributed by atoms with Gasteiger partial charge in [0.15, 0.2) is 0 Å². The van der Waals surface area contributed by atoms with Gasteiger partial charge in [0.25, 0.3) is 0 Å². The van der Waals surface area contributed by atoms with E-state index in [0.29, 0.717) is 0 Å². The van der Waals surface area contributed by atoms with Crippen LogP contribution in [-0.4, -0.2) is 149 Å². The van der Waals surface area contributed by atoms with E-state index in [1.165, 1.54) is 148 Å². The van der Waals surface area contributed by atoms with E-state index in [4.69, 9.17) is 0 Å². The summed E-state index contributed by atoms with van der Waals surface area (Å²) in [6.45, 7) is 9.17. The molecule has 0 N–H and O–H groups in total. The molecular formula is C54H90N6O6. The van der Waals surface area contributed by atoms with E-state index in [0.717, 1.165) is 0 Å². The first-order valence-corrected chi connectivity index (χ1v) is 23.0. The Labute approximate surface area is 401 Å². The highest BCUT2D eigenvalue weighted by Gasteiger charge is 2.08. The zero-order chi connectivity index (χ0) is 51.4. The van der Waals surface area contributed by atoms with Gasteiger partial charge >= 0.3 is 0 Å². The lowest BCUT2D eigenvalue weighted by Crippen LogP contribution is -2.17. The summed E-state index contributed by atoms with van der Waals surface area (Å²) < 4.78 is 0. The summed E-state index contributed by atoms with van der Waals surface area (Å²) in [7, 11) is 20.7. The monoisotopic (exact) mass is 919 g/mol. The van der Waals surface area contributed by atoms with Crippen LogP contribution in [0.25, 0.3) is 0 Å². The highest BCUT2D eigenvalue weighted by Crippen LogP contribution is 2.21. The lowest BCUT2D eigenvalue weighted by molar-refractivity contribution is -0.127. The highest BCUT2D eigenvalue weighted by molar-refractivity contribution is 5.74. The smallest absolute Gasteiger partial charge is 0.218 e. The van der Waals surface area contributed by atoms with Crippen LogP contribution in [0.1, 0.15) is 113 Å². The van der Waals surface area contributed by atoms with Gasteiger partial charge in [-0.25, -0.2) is 0 Å². The average Bonchev–Trinajstić information content (AvgIpc) is 3.28. The number of hydrogen-bond donors (Lipinski definition) is 0. The van der Waals surface area contributed by atoms with Gasteiger partial charge in [-0.2, -0.15) is 0 Å².